The number of rotatable bonds is 11. The maximum Gasteiger partial charge on any atom is 0.410 e. The normalized spacial score (nSPS) is 12.5. The zero-order valence-corrected chi connectivity index (χ0v) is 29.7. The third-order valence-corrected chi connectivity index (χ3v) is 11.0. The van der Waals surface area contributed by atoms with Crippen LogP contribution >= 0.6 is 22.7 Å². The van der Waals surface area contributed by atoms with Crippen LogP contribution in [0.3, 0.4) is 0 Å². The number of thiazole rings is 1. The summed E-state index contributed by atoms with van der Waals surface area (Å²) < 4.78 is 35.9. The fourth-order valence-electron chi connectivity index (χ4n) is 5.09. The molecule has 12 heteroatoms. The smallest absolute Gasteiger partial charge is 0.410 e. The van der Waals surface area contributed by atoms with Gasteiger partial charge in [-0.25, -0.2) is 18.2 Å². The molecule has 0 spiro atoms. The minimum atomic E-state index is -3.84. The first-order valence-electron chi connectivity index (χ1n) is 15.7. The summed E-state index contributed by atoms with van der Waals surface area (Å²) in [5, 5.41) is 14.8. The molecule has 0 unspecified atom stereocenters. The molecule has 0 radical (unpaired) electrons. The van der Waals surface area contributed by atoms with Gasteiger partial charge in [0.1, 0.15) is 10.6 Å². The minimum absolute atomic E-state index is 0.0347. The van der Waals surface area contributed by atoms with Gasteiger partial charge in [0.2, 0.25) is 0 Å². The lowest BCUT2D eigenvalue weighted by Gasteiger charge is -2.29. The summed E-state index contributed by atoms with van der Waals surface area (Å²) in [4.78, 5) is 24.6. The van der Waals surface area contributed by atoms with Crippen LogP contribution in [0, 0.1) is 0 Å². The number of anilines is 1. The van der Waals surface area contributed by atoms with Gasteiger partial charge in [-0.2, -0.15) is 0 Å². The van der Waals surface area contributed by atoms with E-state index < -0.39 is 27.8 Å². The molecule has 6 aromatic rings. The molecule has 2 N–H and O–H groups in total. The first-order chi connectivity index (χ1) is 23.4. The number of aliphatic hydroxyl groups excluding tert-OH is 1. The monoisotopic (exact) mass is 712 g/mol. The van der Waals surface area contributed by atoms with Gasteiger partial charge in [0.05, 0.1) is 28.1 Å². The third-order valence-electron chi connectivity index (χ3n) is 7.58. The molecule has 6 rings (SSSR count). The Balaban J connectivity index is 1.08. The zero-order chi connectivity index (χ0) is 34.6. The number of carbonyl (C=O) groups is 1. The molecule has 3 aromatic heterocycles. The van der Waals surface area contributed by atoms with Gasteiger partial charge in [0.15, 0.2) is 0 Å². The van der Waals surface area contributed by atoms with Gasteiger partial charge in [-0.3, -0.25) is 9.71 Å². The molecule has 0 aliphatic heterocycles. The molecule has 49 heavy (non-hydrogen) atoms. The number of hydrogen-bond acceptors (Lipinski definition) is 9. The van der Waals surface area contributed by atoms with E-state index in [4.69, 9.17) is 9.72 Å². The van der Waals surface area contributed by atoms with Crippen molar-refractivity contribution in [2.75, 3.05) is 17.8 Å². The molecule has 0 saturated carbocycles. The molecule has 0 bridgehead atoms. The lowest BCUT2D eigenvalue weighted by Crippen LogP contribution is -2.40. The largest absolute Gasteiger partial charge is 0.444 e. The van der Waals surface area contributed by atoms with Gasteiger partial charge < -0.3 is 14.7 Å². The molecule has 1 amide bonds. The number of pyridine rings is 1. The molecular weight excluding hydrogens is 677 g/mol. The van der Waals surface area contributed by atoms with Crippen molar-refractivity contribution in [3.63, 3.8) is 0 Å². The van der Waals surface area contributed by atoms with Crippen molar-refractivity contribution >= 4 is 54.6 Å². The van der Waals surface area contributed by atoms with Crippen molar-refractivity contribution in [1.82, 2.24) is 14.9 Å². The van der Waals surface area contributed by atoms with Crippen molar-refractivity contribution < 1.29 is 23.1 Å². The second-order valence-corrected chi connectivity index (χ2v) is 16.1. The Labute approximate surface area is 293 Å². The Morgan fingerprint density at radius 3 is 2.45 bits per heavy atom. The van der Waals surface area contributed by atoms with Gasteiger partial charge in [-0.05, 0) is 80.6 Å². The van der Waals surface area contributed by atoms with Gasteiger partial charge in [0, 0.05) is 45.8 Å². The minimum Gasteiger partial charge on any atom is -0.444 e. The van der Waals surface area contributed by atoms with Gasteiger partial charge in [0.25, 0.3) is 10.0 Å². The van der Waals surface area contributed by atoms with Crippen LogP contribution < -0.4 is 4.72 Å². The quantitative estimate of drug-likeness (QED) is 0.138. The summed E-state index contributed by atoms with van der Waals surface area (Å²) in [7, 11) is -3.84. The fourth-order valence-corrected chi connectivity index (χ4v) is 8.08. The van der Waals surface area contributed by atoms with Gasteiger partial charge in [-0.1, -0.05) is 48.5 Å². The predicted octanol–water partition coefficient (Wildman–Crippen LogP) is 8.40. The number of aliphatic hydroxyl groups is 1. The SMILES string of the molecule is CC(C)(C)OC(=O)N(CCc1ccc(NS(=O)(=O)c2ccc(-c3nc(-c4cc5ccccc5s4)cs3)cc2)cc1)C[C@H](O)c1cccnc1. The van der Waals surface area contributed by atoms with Crippen LogP contribution in [0.15, 0.2) is 114 Å². The topological polar surface area (TPSA) is 122 Å². The van der Waals surface area contributed by atoms with E-state index >= 15 is 0 Å². The molecule has 1 atom stereocenters. The van der Waals surface area contributed by atoms with Crippen molar-refractivity contribution in [3.05, 3.63) is 120 Å². The highest BCUT2D eigenvalue weighted by Crippen LogP contribution is 2.36. The number of carbonyl (C=O) groups excluding carboxylic acids is 1. The second-order valence-electron chi connectivity index (χ2n) is 12.5. The average molecular weight is 713 g/mol. The van der Waals surface area contributed by atoms with Gasteiger partial charge >= 0.3 is 6.09 Å². The third kappa shape index (κ3) is 8.70. The Hall–Kier alpha value is -4.62. The van der Waals surface area contributed by atoms with E-state index in [1.807, 2.05) is 29.6 Å². The van der Waals surface area contributed by atoms with Crippen LogP contribution in [0.5, 0.6) is 0 Å². The predicted molar refractivity (Wildman–Crippen MR) is 196 cm³/mol. The van der Waals surface area contributed by atoms with Crippen LogP contribution in [0.1, 0.15) is 38.0 Å². The number of nitrogens with zero attached hydrogens (tertiary/aromatic N) is 3. The number of amides is 1. The van der Waals surface area contributed by atoms with Gasteiger partial charge in [-0.15, -0.1) is 22.7 Å². The van der Waals surface area contributed by atoms with E-state index in [0.717, 1.165) is 26.7 Å². The van der Waals surface area contributed by atoms with E-state index in [-0.39, 0.29) is 18.0 Å². The van der Waals surface area contributed by atoms with Crippen LogP contribution in [0.4, 0.5) is 10.5 Å². The molecule has 9 nitrogen and oxygen atoms in total. The summed E-state index contributed by atoms with van der Waals surface area (Å²) in [6, 6.07) is 27.6. The van der Waals surface area contributed by atoms with Crippen LogP contribution in [-0.4, -0.2) is 53.2 Å². The van der Waals surface area contributed by atoms with E-state index in [0.29, 0.717) is 17.7 Å². The van der Waals surface area contributed by atoms with Crippen LogP contribution in [-0.2, 0) is 21.2 Å². The molecule has 0 saturated heterocycles. The van der Waals surface area contributed by atoms with E-state index in [1.165, 1.54) is 26.3 Å². The number of sulfonamides is 1. The summed E-state index contributed by atoms with van der Waals surface area (Å²) in [5.74, 6) is 0. The second kappa shape index (κ2) is 14.5. The number of aromatic nitrogens is 2. The first kappa shape index (κ1) is 34.3. The average Bonchev–Trinajstić information content (AvgIpc) is 3.75. The Kier molecular flexibility index (Phi) is 10.1. The Morgan fingerprint density at radius 1 is 1.00 bits per heavy atom. The van der Waals surface area contributed by atoms with E-state index in [2.05, 4.69) is 27.9 Å². The van der Waals surface area contributed by atoms with Crippen LogP contribution in [0.25, 0.3) is 31.2 Å². The number of nitrogens with one attached hydrogen (secondary N) is 1. The highest BCUT2D eigenvalue weighted by Gasteiger charge is 2.25. The molecule has 3 aromatic carbocycles. The standard InChI is InChI=1S/C37H36N4O5S3/c1-37(2,3)46-36(43)41(23-32(42)28-8-6-19-38-22-28)20-18-25-10-14-29(15-11-25)40-49(44,45)30-16-12-26(13-17-30)35-39-31(24-47-35)34-21-27-7-4-5-9-33(27)48-34/h4-17,19,21-22,24,32,40,42H,18,20,23H2,1-3H3/t32-/m0/s1. The van der Waals surface area contributed by atoms with E-state index in [1.54, 1.807) is 93.0 Å². The maximum absolute atomic E-state index is 13.2. The molecule has 3 heterocycles. The van der Waals surface area contributed by atoms with Crippen molar-refractivity contribution in [2.45, 2.75) is 43.8 Å². The van der Waals surface area contributed by atoms with Crippen LogP contribution in [0.2, 0.25) is 0 Å². The zero-order valence-electron chi connectivity index (χ0n) is 27.2. The van der Waals surface area contributed by atoms with Crippen molar-refractivity contribution in [2.24, 2.45) is 0 Å². The van der Waals surface area contributed by atoms with Crippen molar-refractivity contribution in [3.8, 4) is 21.1 Å². The summed E-state index contributed by atoms with van der Waals surface area (Å²) in [6.45, 7) is 5.69. The maximum atomic E-state index is 13.2. The molecular formula is C37H36N4O5S3. The highest BCUT2D eigenvalue weighted by atomic mass is 32.2. The molecule has 0 aliphatic carbocycles. The summed E-state index contributed by atoms with van der Waals surface area (Å²) in [5.41, 5.74) is 2.95. The number of ether oxygens (including phenoxy) is 1. The molecule has 0 aliphatic rings. The Morgan fingerprint density at radius 2 is 1.76 bits per heavy atom. The fraction of sp³-hybridized carbons (Fsp3) is 0.216. The number of benzene rings is 3. The number of thiophene rings is 1. The lowest BCUT2D eigenvalue weighted by atomic mass is 10.1. The first-order valence-corrected chi connectivity index (χ1v) is 18.8. The van der Waals surface area contributed by atoms with E-state index in [9.17, 15) is 18.3 Å². The number of hydrogen-bond donors (Lipinski definition) is 2. The summed E-state index contributed by atoms with van der Waals surface area (Å²) >= 11 is 3.22. The Bertz CT molecular complexity index is 2110. The highest BCUT2D eigenvalue weighted by molar-refractivity contribution is 7.92. The van der Waals surface area contributed by atoms with Crippen molar-refractivity contribution in [1.29, 1.82) is 0 Å². The molecule has 252 valence electrons. The number of fused-ring (bicyclic) bond motifs is 1. The molecule has 0 fully saturated rings. The summed E-state index contributed by atoms with van der Waals surface area (Å²) in [6.07, 6.45) is 2.19. The lowest BCUT2D eigenvalue weighted by molar-refractivity contribution is 0.0146.